The Labute approximate surface area is 175 Å². The molecule has 0 aliphatic carbocycles. The van der Waals surface area contributed by atoms with Crippen molar-refractivity contribution in [1.82, 2.24) is 20.9 Å². The van der Waals surface area contributed by atoms with Gasteiger partial charge in [-0.05, 0) is 38.5 Å². The summed E-state index contributed by atoms with van der Waals surface area (Å²) in [7, 11) is 0. The molecule has 1 aromatic heterocycles. The fourth-order valence-electron chi connectivity index (χ4n) is 3.36. The zero-order chi connectivity index (χ0) is 21.8. The number of rotatable bonds is 7. The first kappa shape index (κ1) is 22.8. The van der Waals surface area contributed by atoms with Crippen LogP contribution in [0.1, 0.15) is 60.4 Å². The van der Waals surface area contributed by atoms with E-state index >= 15 is 0 Å². The molecule has 3 N–H and O–H groups in total. The summed E-state index contributed by atoms with van der Waals surface area (Å²) in [6.07, 6.45) is 1.31. The average molecular weight is 420 g/mol. The highest BCUT2D eigenvalue weighted by Gasteiger charge is 2.32. The molecule has 0 saturated carbocycles. The fourth-order valence-corrected chi connectivity index (χ4v) is 4.17. The van der Waals surface area contributed by atoms with Crippen molar-refractivity contribution < 1.29 is 14.4 Å². The van der Waals surface area contributed by atoms with E-state index in [1.807, 2.05) is 34.6 Å². The second kappa shape index (κ2) is 9.35. The number of hydrogen-bond acceptors (Lipinski definition) is 6. The molecule has 1 aromatic rings. The van der Waals surface area contributed by atoms with Crippen molar-refractivity contribution in [3.63, 3.8) is 0 Å². The third kappa shape index (κ3) is 6.53. The molecular formula is C20H29N5O3S. The third-order valence-corrected chi connectivity index (χ3v) is 5.60. The predicted molar refractivity (Wildman–Crippen MR) is 110 cm³/mol. The minimum absolute atomic E-state index is 0.0894. The van der Waals surface area contributed by atoms with Crippen molar-refractivity contribution in [3.8, 4) is 6.07 Å². The maximum absolute atomic E-state index is 12.9. The number of aryl methyl sites for hydroxylation is 2. The molecule has 0 spiro atoms. The Balaban J connectivity index is 2.10. The average Bonchev–Trinajstić information content (AvgIpc) is 3.16. The number of amides is 3. The first-order chi connectivity index (χ1) is 13.5. The summed E-state index contributed by atoms with van der Waals surface area (Å²) in [6, 6.07) is 0.459. The lowest BCUT2D eigenvalue weighted by atomic mass is 9.87. The number of carbonyl (C=O) groups excluding carboxylic acids is 3. The number of nitriles is 1. The van der Waals surface area contributed by atoms with Gasteiger partial charge in [-0.2, -0.15) is 5.26 Å². The highest BCUT2D eigenvalue weighted by molar-refractivity contribution is 7.11. The molecule has 0 bridgehead atoms. The first-order valence-electron chi connectivity index (χ1n) is 9.72. The summed E-state index contributed by atoms with van der Waals surface area (Å²) >= 11 is 1.42. The highest BCUT2D eigenvalue weighted by atomic mass is 32.1. The molecule has 1 aliphatic heterocycles. The van der Waals surface area contributed by atoms with Gasteiger partial charge in [-0.1, -0.05) is 20.8 Å². The molecule has 8 nitrogen and oxygen atoms in total. The van der Waals surface area contributed by atoms with Gasteiger partial charge in [0.25, 0.3) is 5.91 Å². The van der Waals surface area contributed by atoms with E-state index in [4.69, 9.17) is 0 Å². The molecular weight excluding hydrogens is 390 g/mol. The summed E-state index contributed by atoms with van der Waals surface area (Å²) in [5.41, 5.74) is 0.0918. The van der Waals surface area contributed by atoms with Gasteiger partial charge < -0.3 is 16.0 Å². The van der Waals surface area contributed by atoms with Crippen LogP contribution in [0.25, 0.3) is 0 Å². The standard InChI is InChI=1S/C20H29N5O3S/c1-11-16(23-12(2)29-11)19(28)25-15(9-20(3,4)5)18(27)24-14(10-21)8-13-6-7-22-17(13)26/h13-15H,6-9H2,1-5H3,(H,22,26)(H,24,27)(H,25,28)/t13-,14-,15-/m0/s1. The van der Waals surface area contributed by atoms with Gasteiger partial charge in [-0.15, -0.1) is 11.3 Å². The lowest BCUT2D eigenvalue weighted by Gasteiger charge is -2.27. The minimum Gasteiger partial charge on any atom is -0.356 e. The van der Waals surface area contributed by atoms with Crippen molar-refractivity contribution in [2.45, 2.75) is 66.0 Å². The van der Waals surface area contributed by atoms with Gasteiger partial charge in [0.05, 0.1) is 11.1 Å². The lowest BCUT2D eigenvalue weighted by molar-refractivity contribution is -0.125. The topological polar surface area (TPSA) is 124 Å². The van der Waals surface area contributed by atoms with Crippen molar-refractivity contribution in [3.05, 3.63) is 15.6 Å². The zero-order valence-corrected chi connectivity index (χ0v) is 18.4. The number of aromatic nitrogens is 1. The van der Waals surface area contributed by atoms with Crippen molar-refractivity contribution in [2.75, 3.05) is 6.54 Å². The smallest absolute Gasteiger partial charge is 0.271 e. The van der Waals surface area contributed by atoms with Gasteiger partial charge in [0, 0.05) is 17.3 Å². The van der Waals surface area contributed by atoms with Crippen LogP contribution in [0.2, 0.25) is 0 Å². The number of nitrogens with one attached hydrogen (secondary N) is 3. The molecule has 158 valence electrons. The molecule has 9 heteroatoms. The maximum atomic E-state index is 12.9. The van der Waals surface area contributed by atoms with Crippen molar-refractivity contribution in [2.24, 2.45) is 11.3 Å². The second-order valence-electron chi connectivity index (χ2n) is 8.63. The number of nitrogens with zero attached hydrogens (tertiary/aromatic N) is 2. The summed E-state index contributed by atoms with van der Waals surface area (Å²) in [6.45, 7) is 10.2. The van der Waals surface area contributed by atoms with Crippen molar-refractivity contribution >= 4 is 29.1 Å². The third-order valence-electron chi connectivity index (χ3n) is 4.71. The van der Waals surface area contributed by atoms with Crippen LogP contribution < -0.4 is 16.0 Å². The van der Waals surface area contributed by atoms with Gasteiger partial charge in [0.2, 0.25) is 11.8 Å². The van der Waals surface area contributed by atoms with Gasteiger partial charge in [-0.3, -0.25) is 14.4 Å². The lowest BCUT2D eigenvalue weighted by Crippen LogP contribution is -2.51. The van der Waals surface area contributed by atoms with Gasteiger partial charge >= 0.3 is 0 Å². The maximum Gasteiger partial charge on any atom is 0.271 e. The van der Waals surface area contributed by atoms with E-state index in [2.05, 4.69) is 27.0 Å². The molecule has 3 amide bonds. The Bertz CT molecular complexity index is 821. The molecule has 0 unspecified atom stereocenters. The quantitative estimate of drug-likeness (QED) is 0.622. The number of thiazole rings is 1. The van der Waals surface area contributed by atoms with E-state index in [9.17, 15) is 19.6 Å². The van der Waals surface area contributed by atoms with E-state index in [1.165, 1.54) is 11.3 Å². The predicted octanol–water partition coefficient (Wildman–Crippen LogP) is 1.83. The molecule has 1 fully saturated rings. The summed E-state index contributed by atoms with van der Waals surface area (Å²) < 4.78 is 0. The molecule has 1 aliphatic rings. The molecule has 1 saturated heterocycles. The minimum atomic E-state index is -0.808. The molecule has 3 atom stereocenters. The monoisotopic (exact) mass is 419 g/mol. The van der Waals surface area contributed by atoms with E-state index in [-0.39, 0.29) is 23.7 Å². The van der Waals surface area contributed by atoms with Crippen LogP contribution in [0, 0.1) is 36.5 Å². The van der Waals surface area contributed by atoms with Crippen LogP contribution in [0.3, 0.4) is 0 Å². The van der Waals surface area contributed by atoms with Crippen LogP contribution in [-0.2, 0) is 9.59 Å². The van der Waals surface area contributed by atoms with E-state index in [0.717, 1.165) is 9.88 Å². The van der Waals surface area contributed by atoms with Crippen LogP contribution in [-0.4, -0.2) is 41.3 Å². The fraction of sp³-hybridized carbons (Fsp3) is 0.650. The number of carbonyl (C=O) groups is 3. The SMILES string of the molecule is Cc1nc(C(=O)N[C@@H](CC(C)(C)C)C(=O)N[C@H](C#N)C[C@@H]2CCNC2=O)c(C)s1. The van der Waals surface area contributed by atoms with Crippen LogP contribution in [0.4, 0.5) is 0 Å². The molecule has 2 heterocycles. The van der Waals surface area contributed by atoms with Crippen molar-refractivity contribution in [1.29, 1.82) is 5.26 Å². The Kier molecular flexibility index (Phi) is 7.36. The Hall–Kier alpha value is -2.47. The summed E-state index contributed by atoms with van der Waals surface area (Å²) in [4.78, 5) is 42.4. The Morgan fingerprint density at radius 1 is 1.34 bits per heavy atom. The molecule has 0 radical (unpaired) electrons. The van der Waals surface area contributed by atoms with E-state index in [0.29, 0.717) is 25.1 Å². The second-order valence-corrected chi connectivity index (χ2v) is 10.0. The molecule has 29 heavy (non-hydrogen) atoms. The van der Waals surface area contributed by atoms with Gasteiger partial charge in [0.1, 0.15) is 17.8 Å². The van der Waals surface area contributed by atoms with Crippen LogP contribution in [0.15, 0.2) is 0 Å². The summed E-state index contributed by atoms with van der Waals surface area (Å²) in [5.74, 6) is -1.20. The zero-order valence-electron chi connectivity index (χ0n) is 17.6. The Morgan fingerprint density at radius 2 is 2.03 bits per heavy atom. The van der Waals surface area contributed by atoms with Gasteiger partial charge in [0.15, 0.2) is 0 Å². The van der Waals surface area contributed by atoms with Gasteiger partial charge in [-0.25, -0.2) is 4.98 Å². The van der Waals surface area contributed by atoms with Crippen LogP contribution >= 0.6 is 11.3 Å². The highest BCUT2D eigenvalue weighted by Crippen LogP contribution is 2.23. The largest absolute Gasteiger partial charge is 0.356 e. The molecule has 2 rings (SSSR count). The molecule has 0 aromatic carbocycles. The first-order valence-corrected chi connectivity index (χ1v) is 10.5. The van der Waals surface area contributed by atoms with E-state index in [1.54, 1.807) is 0 Å². The Morgan fingerprint density at radius 3 is 2.52 bits per heavy atom. The van der Waals surface area contributed by atoms with E-state index < -0.39 is 23.9 Å². The summed E-state index contributed by atoms with van der Waals surface area (Å²) in [5, 5.41) is 18.4. The number of hydrogen-bond donors (Lipinski definition) is 3. The van der Waals surface area contributed by atoms with Crippen LogP contribution in [0.5, 0.6) is 0 Å². The normalized spacial score (nSPS) is 18.5.